The number of nitrogens with zero attached hydrogens (tertiary/aromatic N) is 3. The van der Waals surface area contributed by atoms with Crippen LogP contribution in [-0.2, 0) is 21.1 Å². The van der Waals surface area contributed by atoms with Crippen molar-refractivity contribution in [1.29, 1.82) is 0 Å². The van der Waals surface area contributed by atoms with Crippen LogP contribution in [0.3, 0.4) is 0 Å². The normalized spacial score (nSPS) is 12.0. The fourth-order valence-corrected chi connectivity index (χ4v) is 13.9. The Hall–Kier alpha value is -2.84. The first-order valence-electron chi connectivity index (χ1n) is 10.5. The first-order chi connectivity index (χ1) is 15.1. The summed E-state index contributed by atoms with van der Waals surface area (Å²) in [5, 5.41) is 4.00. The van der Waals surface area contributed by atoms with Crippen molar-refractivity contribution < 1.29 is 0 Å². The fraction of sp³-hybridized carbons (Fsp3) is 0.111. The second kappa shape index (κ2) is 7.10. The van der Waals surface area contributed by atoms with E-state index in [1.807, 2.05) is 0 Å². The third kappa shape index (κ3) is 3.04. The van der Waals surface area contributed by atoms with Gasteiger partial charge in [-0.05, 0) is 0 Å². The zero-order chi connectivity index (χ0) is 21.1. The maximum atomic E-state index is 2.44. The van der Waals surface area contributed by atoms with E-state index in [0.29, 0.717) is 0 Å². The Morgan fingerprint density at radius 2 is 0.774 bits per heavy atom. The number of aromatic nitrogens is 3. The molecule has 0 saturated heterocycles. The van der Waals surface area contributed by atoms with Gasteiger partial charge in [0.15, 0.2) is 0 Å². The van der Waals surface area contributed by atoms with Crippen molar-refractivity contribution in [2.24, 2.45) is 21.1 Å². The average Bonchev–Trinajstić information content (AvgIpc) is 3.46. The predicted octanol–water partition coefficient (Wildman–Crippen LogP) is 3.68. The van der Waals surface area contributed by atoms with E-state index in [9.17, 15) is 0 Å². The summed E-state index contributed by atoms with van der Waals surface area (Å²) in [6, 6.07) is 28.1. The summed E-state index contributed by atoms with van der Waals surface area (Å²) >= 11 is -2.48. The molecule has 0 aliphatic heterocycles. The zero-order valence-electron chi connectivity index (χ0n) is 17.9. The number of aryl methyl sites for hydroxylation is 3. The van der Waals surface area contributed by atoms with Gasteiger partial charge < -0.3 is 0 Å². The van der Waals surface area contributed by atoms with Crippen LogP contribution in [0.4, 0.5) is 0 Å². The molecular formula is C27H24BiN3. The first-order valence-corrected chi connectivity index (χ1v) is 15.8. The Bertz CT molecular complexity index is 1390. The quantitative estimate of drug-likeness (QED) is 0.276. The standard InChI is InChI=1S/3C9H8N.Bi/c3*1-10-7-6-8-4-2-3-5-9(8)10;/h3*3-7H,1H3;. The second-order valence-electron chi connectivity index (χ2n) is 8.34. The summed E-state index contributed by atoms with van der Waals surface area (Å²) in [4.78, 5) is 0. The molecule has 6 aromatic rings. The minimum absolute atomic E-state index is 1.30. The topological polar surface area (TPSA) is 14.8 Å². The van der Waals surface area contributed by atoms with Crippen LogP contribution in [0.25, 0.3) is 32.7 Å². The van der Waals surface area contributed by atoms with E-state index in [1.54, 1.807) is 0 Å². The molecule has 4 heteroatoms. The summed E-state index contributed by atoms with van der Waals surface area (Å²) in [7, 11) is 6.36. The van der Waals surface area contributed by atoms with Gasteiger partial charge in [-0.15, -0.1) is 0 Å². The van der Waals surface area contributed by atoms with Crippen LogP contribution in [0.15, 0.2) is 91.4 Å². The molecule has 0 fully saturated rings. The van der Waals surface area contributed by atoms with Gasteiger partial charge in [0.1, 0.15) is 0 Å². The van der Waals surface area contributed by atoms with Crippen LogP contribution in [0.1, 0.15) is 0 Å². The second-order valence-corrected chi connectivity index (χ2v) is 17.0. The number of fused-ring (bicyclic) bond motifs is 3. The Kier molecular flexibility index (Phi) is 4.33. The van der Waals surface area contributed by atoms with Crippen LogP contribution in [0.5, 0.6) is 0 Å². The van der Waals surface area contributed by atoms with E-state index in [0.717, 1.165) is 0 Å². The van der Waals surface area contributed by atoms with Gasteiger partial charge in [-0.3, -0.25) is 0 Å². The van der Waals surface area contributed by atoms with Crippen molar-refractivity contribution >= 4 is 64.3 Å². The molecule has 3 aromatic carbocycles. The maximum absolute atomic E-state index is 2.48. The van der Waals surface area contributed by atoms with Crippen LogP contribution >= 0.6 is 0 Å². The molecule has 0 amide bonds. The molecule has 0 atom stereocenters. The van der Waals surface area contributed by atoms with E-state index in [2.05, 4.69) is 126 Å². The Morgan fingerprint density at radius 1 is 0.452 bits per heavy atom. The van der Waals surface area contributed by atoms with Gasteiger partial charge in [0.05, 0.1) is 0 Å². The molecule has 0 bridgehead atoms. The summed E-state index contributed by atoms with van der Waals surface area (Å²) in [5.41, 5.74) is 3.89. The molecule has 0 saturated carbocycles. The van der Waals surface area contributed by atoms with Gasteiger partial charge in [-0.2, -0.15) is 0 Å². The number of hydrogen-bond donors (Lipinski definition) is 0. The SMILES string of the molecule is Cn1ccc2c[c]([Bi]([c]3ccc4c(ccn4C)c3)[c]3ccc4c(ccn4C)c3)ccc21. The zero-order valence-corrected chi connectivity index (χ0v) is 21.4. The van der Waals surface area contributed by atoms with Gasteiger partial charge >= 0.3 is 191 Å². The number of benzene rings is 3. The van der Waals surface area contributed by atoms with Crippen LogP contribution in [-0.4, -0.2) is 35.5 Å². The first kappa shape index (κ1) is 18.9. The van der Waals surface area contributed by atoms with E-state index in [4.69, 9.17) is 0 Å². The average molecular weight is 599 g/mol. The minimum atomic E-state index is -2.48. The molecule has 0 radical (unpaired) electrons. The van der Waals surface area contributed by atoms with Gasteiger partial charge in [-0.25, -0.2) is 0 Å². The van der Waals surface area contributed by atoms with Gasteiger partial charge in [-0.1, -0.05) is 0 Å². The molecular weight excluding hydrogens is 575 g/mol. The number of rotatable bonds is 3. The Balaban J connectivity index is 1.58. The van der Waals surface area contributed by atoms with Crippen molar-refractivity contribution in [2.45, 2.75) is 0 Å². The van der Waals surface area contributed by atoms with Crippen LogP contribution < -0.4 is 9.81 Å². The molecule has 31 heavy (non-hydrogen) atoms. The molecule has 3 aromatic heterocycles. The van der Waals surface area contributed by atoms with Crippen molar-refractivity contribution in [1.82, 2.24) is 13.7 Å². The molecule has 0 aliphatic rings. The van der Waals surface area contributed by atoms with Crippen molar-refractivity contribution in [2.75, 3.05) is 0 Å². The van der Waals surface area contributed by atoms with Crippen molar-refractivity contribution in [3.05, 3.63) is 91.4 Å². The van der Waals surface area contributed by atoms with Gasteiger partial charge in [0.25, 0.3) is 0 Å². The van der Waals surface area contributed by atoms with Gasteiger partial charge in [0.2, 0.25) is 0 Å². The summed E-state index contributed by atoms with van der Waals surface area (Å²) in [5.74, 6) is 0. The molecule has 0 aliphatic carbocycles. The Labute approximate surface area is 189 Å². The fourth-order valence-electron chi connectivity index (χ4n) is 4.67. The molecule has 3 nitrogen and oxygen atoms in total. The molecule has 152 valence electrons. The van der Waals surface area contributed by atoms with Crippen LogP contribution in [0.2, 0.25) is 0 Å². The van der Waals surface area contributed by atoms with Gasteiger partial charge in [0, 0.05) is 0 Å². The molecule has 0 N–H and O–H groups in total. The summed E-state index contributed by atoms with van der Waals surface area (Å²) in [6.07, 6.45) is 6.47. The monoisotopic (exact) mass is 599 g/mol. The van der Waals surface area contributed by atoms with E-state index >= 15 is 0 Å². The molecule has 0 spiro atoms. The molecule has 3 heterocycles. The van der Waals surface area contributed by atoms with Crippen LogP contribution in [0, 0.1) is 0 Å². The summed E-state index contributed by atoms with van der Waals surface area (Å²) < 4.78 is 11.2. The Morgan fingerprint density at radius 3 is 1.10 bits per heavy atom. The van der Waals surface area contributed by atoms with Crippen molar-refractivity contribution in [3.8, 4) is 0 Å². The third-order valence-corrected chi connectivity index (χ3v) is 15.6. The van der Waals surface area contributed by atoms with E-state index < -0.39 is 21.8 Å². The predicted molar refractivity (Wildman–Crippen MR) is 133 cm³/mol. The molecule has 0 unspecified atom stereocenters. The van der Waals surface area contributed by atoms with Crippen molar-refractivity contribution in [3.63, 3.8) is 0 Å². The van der Waals surface area contributed by atoms with E-state index in [1.165, 1.54) is 42.5 Å². The number of hydrogen-bond acceptors (Lipinski definition) is 0. The third-order valence-electron chi connectivity index (χ3n) is 6.38. The summed E-state index contributed by atoms with van der Waals surface area (Å²) in [6.45, 7) is 0. The molecule has 6 rings (SSSR count). The van der Waals surface area contributed by atoms with E-state index in [-0.39, 0.29) is 0 Å².